The number of hydrogen-bond acceptors (Lipinski definition) is 3. The number of carboxylic acid groups (broad SMARTS) is 1. The Bertz CT molecular complexity index is 146. The Hall–Kier alpha value is -1.30. The zero-order valence-electron chi connectivity index (χ0n) is 5.29. The summed E-state index contributed by atoms with van der Waals surface area (Å²) in [4.78, 5) is 10.2. The lowest BCUT2D eigenvalue weighted by Crippen LogP contribution is -2.48. The topological polar surface area (TPSA) is 125 Å². The van der Waals surface area contributed by atoms with Gasteiger partial charge in [0.15, 0.2) is 5.96 Å². The maximum absolute atomic E-state index is 10.2. The molecule has 0 heterocycles. The van der Waals surface area contributed by atoms with Crippen molar-refractivity contribution < 1.29 is 9.90 Å². The van der Waals surface area contributed by atoms with E-state index in [-0.39, 0.29) is 6.54 Å². The number of hydrogen-bond donors (Lipinski definition) is 5. The number of guanidine groups is 1. The summed E-state index contributed by atoms with van der Waals surface area (Å²) in [5, 5.41) is 17.2. The van der Waals surface area contributed by atoms with Gasteiger partial charge in [0.1, 0.15) is 6.04 Å². The highest BCUT2D eigenvalue weighted by Gasteiger charge is 2.14. The molecular weight excluding hydrogens is 136 g/mol. The van der Waals surface area contributed by atoms with E-state index < -0.39 is 18.0 Å². The van der Waals surface area contributed by atoms with Crippen LogP contribution in [0.25, 0.3) is 0 Å². The molecule has 0 spiro atoms. The molecule has 0 radical (unpaired) electrons. The molecule has 0 rings (SSSR count). The van der Waals surface area contributed by atoms with E-state index in [9.17, 15) is 4.79 Å². The van der Waals surface area contributed by atoms with Crippen LogP contribution in [-0.2, 0) is 4.79 Å². The standard InChI is InChI=1S/C4H10N4O2/c5-1-2(3(9)10)8-4(6)7/h2H,1,5H2,(H,9,10)(H4,6,7,8)/t2-/m1/s1. The van der Waals surface area contributed by atoms with Gasteiger partial charge in [0.25, 0.3) is 0 Å². The summed E-state index contributed by atoms with van der Waals surface area (Å²) in [7, 11) is 0. The van der Waals surface area contributed by atoms with Crippen LogP contribution in [0, 0.1) is 5.41 Å². The van der Waals surface area contributed by atoms with Gasteiger partial charge in [0.2, 0.25) is 0 Å². The van der Waals surface area contributed by atoms with Crippen LogP contribution < -0.4 is 16.8 Å². The number of carbonyl (C=O) groups is 1. The van der Waals surface area contributed by atoms with E-state index in [1.54, 1.807) is 0 Å². The number of carboxylic acids is 1. The Morgan fingerprint density at radius 3 is 2.40 bits per heavy atom. The molecule has 7 N–H and O–H groups in total. The Kier molecular flexibility index (Phi) is 3.20. The molecule has 0 bridgehead atoms. The molecule has 0 fully saturated rings. The molecule has 1 atom stereocenters. The fourth-order valence-corrected chi connectivity index (χ4v) is 0.409. The molecule has 58 valence electrons. The molecule has 0 aromatic rings. The van der Waals surface area contributed by atoms with Gasteiger partial charge >= 0.3 is 5.97 Å². The van der Waals surface area contributed by atoms with Gasteiger partial charge in [0.05, 0.1) is 0 Å². The summed E-state index contributed by atoms with van der Waals surface area (Å²) in [6.45, 7) is -0.0884. The zero-order valence-corrected chi connectivity index (χ0v) is 5.29. The van der Waals surface area contributed by atoms with E-state index >= 15 is 0 Å². The minimum Gasteiger partial charge on any atom is -0.480 e. The van der Waals surface area contributed by atoms with Crippen molar-refractivity contribution in [2.75, 3.05) is 6.54 Å². The lowest BCUT2D eigenvalue weighted by molar-refractivity contribution is -0.138. The molecule has 6 nitrogen and oxygen atoms in total. The monoisotopic (exact) mass is 146 g/mol. The Morgan fingerprint density at radius 1 is 1.80 bits per heavy atom. The van der Waals surface area contributed by atoms with Crippen molar-refractivity contribution in [3.8, 4) is 0 Å². The smallest absolute Gasteiger partial charge is 0.327 e. The van der Waals surface area contributed by atoms with Gasteiger partial charge in [-0.2, -0.15) is 0 Å². The summed E-state index contributed by atoms with van der Waals surface area (Å²) >= 11 is 0. The number of rotatable bonds is 3. The summed E-state index contributed by atoms with van der Waals surface area (Å²) < 4.78 is 0. The summed E-state index contributed by atoms with van der Waals surface area (Å²) in [5.74, 6) is -1.50. The van der Waals surface area contributed by atoms with Crippen LogP contribution in [0.15, 0.2) is 0 Å². The van der Waals surface area contributed by atoms with E-state index in [0.717, 1.165) is 0 Å². The van der Waals surface area contributed by atoms with Crippen LogP contribution in [0.2, 0.25) is 0 Å². The lowest BCUT2D eigenvalue weighted by Gasteiger charge is -2.10. The summed E-state index contributed by atoms with van der Waals surface area (Å²) in [6.07, 6.45) is 0. The van der Waals surface area contributed by atoms with E-state index in [1.165, 1.54) is 0 Å². The number of aliphatic carboxylic acids is 1. The van der Waals surface area contributed by atoms with Crippen LogP contribution in [-0.4, -0.2) is 29.6 Å². The first-order valence-corrected chi connectivity index (χ1v) is 2.61. The van der Waals surface area contributed by atoms with Crippen LogP contribution in [0.5, 0.6) is 0 Å². The second kappa shape index (κ2) is 3.67. The van der Waals surface area contributed by atoms with Crippen molar-refractivity contribution in [1.29, 1.82) is 5.41 Å². The predicted molar refractivity (Wildman–Crippen MR) is 35.5 cm³/mol. The Balaban J connectivity index is 3.83. The molecule has 0 saturated carbocycles. The molecule has 0 aliphatic rings. The van der Waals surface area contributed by atoms with E-state index in [0.29, 0.717) is 0 Å². The quantitative estimate of drug-likeness (QED) is 0.230. The van der Waals surface area contributed by atoms with E-state index in [2.05, 4.69) is 5.32 Å². The van der Waals surface area contributed by atoms with Crippen molar-refractivity contribution in [3.63, 3.8) is 0 Å². The molecule has 0 aromatic heterocycles. The van der Waals surface area contributed by atoms with Gasteiger partial charge in [-0.05, 0) is 0 Å². The highest BCUT2D eigenvalue weighted by molar-refractivity contribution is 5.82. The fraction of sp³-hybridized carbons (Fsp3) is 0.500. The normalized spacial score (nSPS) is 12.1. The van der Waals surface area contributed by atoms with Crippen LogP contribution in [0.3, 0.4) is 0 Å². The number of nitrogens with one attached hydrogen (secondary N) is 2. The first-order chi connectivity index (χ1) is 4.57. The molecular formula is C4H10N4O2. The lowest BCUT2D eigenvalue weighted by atomic mass is 10.3. The molecule has 10 heavy (non-hydrogen) atoms. The van der Waals surface area contributed by atoms with Gasteiger partial charge in [0, 0.05) is 6.54 Å². The van der Waals surface area contributed by atoms with E-state index in [4.69, 9.17) is 22.0 Å². The molecule has 6 heteroatoms. The van der Waals surface area contributed by atoms with Gasteiger partial charge in [-0.1, -0.05) is 0 Å². The molecule has 0 saturated heterocycles. The van der Waals surface area contributed by atoms with Crippen molar-refractivity contribution in [2.45, 2.75) is 6.04 Å². The second-order valence-electron chi connectivity index (χ2n) is 1.68. The van der Waals surface area contributed by atoms with Crippen molar-refractivity contribution >= 4 is 11.9 Å². The van der Waals surface area contributed by atoms with Gasteiger partial charge in [-0.25, -0.2) is 4.79 Å². The van der Waals surface area contributed by atoms with Crippen molar-refractivity contribution in [2.24, 2.45) is 11.5 Å². The first kappa shape index (κ1) is 8.70. The third-order valence-corrected chi connectivity index (χ3v) is 0.864. The Labute approximate surface area is 57.7 Å². The molecule has 0 unspecified atom stereocenters. The van der Waals surface area contributed by atoms with Crippen LogP contribution in [0.4, 0.5) is 0 Å². The highest BCUT2D eigenvalue weighted by Crippen LogP contribution is 1.77. The van der Waals surface area contributed by atoms with Crippen molar-refractivity contribution in [3.05, 3.63) is 0 Å². The van der Waals surface area contributed by atoms with E-state index in [1.807, 2.05) is 0 Å². The van der Waals surface area contributed by atoms with Crippen LogP contribution >= 0.6 is 0 Å². The predicted octanol–water partition coefficient (Wildman–Crippen LogP) is -2.12. The molecule has 0 aliphatic heterocycles. The average molecular weight is 146 g/mol. The third kappa shape index (κ3) is 2.88. The molecule has 0 aliphatic carbocycles. The fourth-order valence-electron chi connectivity index (χ4n) is 0.409. The maximum atomic E-state index is 10.2. The Morgan fingerprint density at radius 2 is 2.30 bits per heavy atom. The largest absolute Gasteiger partial charge is 0.480 e. The zero-order chi connectivity index (χ0) is 8.15. The highest BCUT2D eigenvalue weighted by atomic mass is 16.4. The van der Waals surface area contributed by atoms with Gasteiger partial charge in [-0.3, -0.25) is 5.41 Å². The minimum absolute atomic E-state index is 0.0884. The molecule has 0 aromatic carbocycles. The summed E-state index contributed by atoms with van der Waals surface area (Å²) in [5.41, 5.74) is 9.89. The van der Waals surface area contributed by atoms with Crippen molar-refractivity contribution in [1.82, 2.24) is 5.32 Å². The van der Waals surface area contributed by atoms with Gasteiger partial charge in [-0.15, -0.1) is 0 Å². The SMILES string of the molecule is N=C(N)N[C@H](CN)C(=O)O. The third-order valence-electron chi connectivity index (χ3n) is 0.864. The average Bonchev–Trinajstić information content (AvgIpc) is 1.81. The maximum Gasteiger partial charge on any atom is 0.327 e. The first-order valence-electron chi connectivity index (χ1n) is 2.61. The summed E-state index contributed by atoms with van der Waals surface area (Å²) in [6, 6.07) is -0.961. The van der Waals surface area contributed by atoms with Gasteiger partial charge < -0.3 is 21.9 Å². The number of nitrogens with two attached hydrogens (primary N) is 2. The minimum atomic E-state index is -1.11. The van der Waals surface area contributed by atoms with Crippen LogP contribution in [0.1, 0.15) is 0 Å². The molecule has 0 amide bonds. The second-order valence-corrected chi connectivity index (χ2v) is 1.68.